The standard InChI is InChI=1S/C19H19N3O2/c20-19(10-5-11-19)18-21-17(24-22-18)15-8-4-9-16(12-15)23-13-14-6-2-1-3-7-14/h1-4,6-9,12H,5,10-11,13,20H2. The molecule has 24 heavy (non-hydrogen) atoms. The summed E-state index contributed by atoms with van der Waals surface area (Å²) in [7, 11) is 0. The van der Waals surface area contributed by atoms with Crippen LogP contribution in [0, 0.1) is 0 Å². The Kier molecular flexibility index (Phi) is 3.78. The average molecular weight is 321 g/mol. The highest BCUT2D eigenvalue weighted by Crippen LogP contribution is 2.37. The molecule has 0 spiro atoms. The van der Waals surface area contributed by atoms with Crippen LogP contribution in [0.25, 0.3) is 11.5 Å². The van der Waals surface area contributed by atoms with Crippen LogP contribution in [-0.2, 0) is 12.1 Å². The lowest BCUT2D eigenvalue weighted by atomic mass is 9.77. The van der Waals surface area contributed by atoms with Gasteiger partial charge in [0, 0.05) is 5.56 Å². The van der Waals surface area contributed by atoms with Crippen LogP contribution < -0.4 is 10.5 Å². The van der Waals surface area contributed by atoms with Crippen LogP contribution >= 0.6 is 0 Å². The van der Waals surface area contributed by atoms with Gasteiger partial charge >= 0.3 is 0 Å². The molecule has 1 saturated carbocycles. The Bertz CT molecular complexity index is 825. The molecule has 5 heteroatoms. The molecule has 0 atom stereocenters. The summed E-state index contributed by atoms with van der Waals surface area (Å²) in [5, 5.41) is 4.06. The highest BCUT2D eigenvalue weighted by atomic mass is 16.5. The van der Waals surface area contributed by atoms with E-state index in [4.69, 9.17) is 15.0 Å². The topological polar surface area (TPSA) is 74.2 Å². The number of nitrogens with two attached hydrogens (primary N) is 1. The predicted octanol–water partition coefficient (Wildman–Crippen LogP) is 3.65. The molecule has 4 rings (SSSR count). The molecule has 122 valence electrons. The number of hydrogen-bond acceptors (Lipinski definition) is 5. The molecular weight excluding hydrogens is 302 g/mol. The predicted molar refractivity (Wildman–Crippen MR) is 90.2 cm³/mol. The van der Waals surface area contributed by atoms with Crippen molar-refractivity contribution in [1.29, 1.82) is 0 Å². The van der Waals surface area contributed by atoms with Gasteiger partial charge in [-0.05, 0) is 43.0 Å². The summed E-state index contributed by atoms with van der Waals surface area (Å²) in [6.45, 7) is 0.519. The second-order valence-corrected chi connectivity index (χ2v) is 6.23. The number of aromatic nitrogens is 2. The van der Waals surface area contributed by atoms with Gasteiger partial charge in [0.15, 0.2) is 5.82 Å². The molecule has 0 saturated heterocycles. The monoisotopic (exact) mass is 321 g/mol. The fraction of sp³-hybridized carbons (Fsp3) is 0.263. The van der Waals surface area contributed by atoms with Crippen molar-refractivity contribution in [1.82, 2.24) is 10.1 Å². The molecule has 1 fully saturated rings. The van der Waals surface area contributed by atoms with E-state index in [2.05, 4.69) is 10.1 Å². The summed E-state index contributed by atoms with van der Waals surface area (Å²) >= 11 is 0. The van der Waals surface area contributed by atoms with E-state index in [1.165, 1.54) is 0 Å². The first kappa shape index (κ1) is 14.9. The third-order valence-electron chi connectivity index (χ3n) is 4.45. The Morgan fingerprint density at radius 2 is 1.92 bits per heavy atom. The quantitative estimate of drug-likeness (QED) is 0.776. The molecule has 0 radical (unpaired) electrons. The minimum atomic E-state index is -0.414. The number of rotatable bonds is 5. The van der Waals surface area contributed by atoms with Crippen molar-refractivity contribution in [2.24, 2.45) is 5.73 Å². The molecule has 0 unspecified atom stereocenters. The van der Waals surface area contributed by atoms with Gasteiger partial charge in [0.1, 0.15) is 12.4 Å². The maximum absolute atomic E-state index is 6.25. The fourth-order valence-electron chi connectivity index (χ4n) is 2.78. The summed E-state index contributed by atoms with van der Waals surface area (Å²) in [6.07, 6.45) is 2.93. The highest BCUT2D eigenvalue weighted by molar-refractivity contribution is 5.55. The maximum Gasteiger partial charge on any atom is 0.258 e. The molecule has 1 heterocycles. The largest absolute Gasteiger partial charge is 0.489 e. The first-order valence-electron chi connectivity index (χ1n) is 8.13. The first-order chi connectivity index (χ1) is 11.7. The van der Waals surface area contributed by atoms with Gasteiger partial charge in [-0.2, -0.15) is 4.98 Å². The molecule has 3 aromatic rings. The molecule has 1 aromatic heterocycles. The summed E-state index contributed by atoms with van der Waals surface area (Å²) in [4.78, 5) is 4.48. The zero-order chi connectivity index (χ0) is 16.4. The van der Waals surface area contributed by atoms with E-state index < -0.39 is 5.54 Å². The van der Waals surface area contributed by atoms with Crippen LogP contribution in [0.5, 0.6) is 5.75 Å². The lowest BCUT2D eigenvalue weighted by Crippen LogP contribution is -2.44. The van der Waals surface area contributed by atoms with Crippen LogP contribution in [0.3, 0.4) is 0 Å². The van der Waals surface area contributed by atoms with Gasteiger partial charge in [-0.1, -0.05) is 41.6 Å². The Hall–Kier alpha value is -2.66. The van der Waals surface area contributed by atoms with E-state index >= 15 is 0 Å². The Balaban J connectivity index is 1.50. The molecule has 2 aromatic carbocycles. The molecule has 0 bridgehead atoms. The maximum atomic E-state index is 6.25. The summed E-state index contributed by atoms with van der Waals surface area (Å²) in [5.74, 6) is 1.84. The number of nitrogens with zero attached hydrogens (tertiary/aromatic N) is 2. The van der Waals surface area contributed by atoms with Crippen molar-refractivity contribution in [3.8, 4) is 17.2 Å². The van der Waals surface area contributed by atoms with Gasteiger partial charge in [0.2, 0.25) is 0 Å². The van der Waals surface area contributed by atoms with Crippen molar-refractivity contribution in [2.45, 2.75) is 31.4 Å². The van der Waals surface area contributed by atoms with E-state index in [-0.39, 0.29) is 0 Å². The zero-order valence-corrected chi connectivity index (χ0v) is 13.3. The molecule has 1 aliphatic rings. The van der Waals surface area contributed by atoms with Crippen molar-refractivity contribution in [3.05, 3.63) is 66.0 Å². The van der Waals surface area contributed by atoms with Gasteiger partial charge in [-0.3, -0.25) is 0 Å². The smallest absolute Gasteiger partial charge is 0.258 e. The summed E-state index contributed by atoms with van der Waals surface area (Å²) in [5.41, 5.74) is 7.79. The van der Waals surface area contributed by atoms with Gasteiger partial charge in [-0.15, -0.1) is 0 Å². The number of ether oxygens (including phenoxy) is 1. The van der Waals surface area contributed by atoms with Crippen molar-refractivity contribution in [3.63, 3.8) is 0 Å². The van der Waals surface area contributed by atoms with Crippen LogP contribution in [-0.4, -0.2) is 10.1 Å². The normalized spacial score (nSPS) is 15.7. The van der Waals surface area contributed by atoms with Gasteiger partial charge in [0.05, 0.1) is 5.54 Å². The van der Waals surface area contributed by atoms with Crippen molar-refractivity contribution < 1.29 is 9.26 Å². The Morgan fingerprint density at radius 3 is 2.67 bits per heavy atom. The number of hydrogen-bond donors (Lipinski definition) is 1. The van der Waals surface area contributed by atoms with Crippen molar-refractivity contribution >= 4 is 0 Å². The SMILES string of the molecule is NC1(c2noc(-c3cccc(OCc4ccccc4)c3)n2)CCC1. The van der Waals surface area contributed by atoms with Gasteiger partial charge < -0.3 is 15.0 Å². The molecular formula is C19H19N3O2. The summed E-state index contributed by atoms with van der Waals surface area (Å²) in [6, 6.07) is 17.7. The molecule has 1 aliphatic carbocycles. The highest BCUT2D eigenvalue weighted by Gasteiger charge is 2.39. The average Bonchev–Trinajstić information content (AvgIpc) is 3.09. The lowest BCUT2D eigenvalue weighted by Gasteiger charge is -2.34. The zero-order valence-electron chi connectivity index (χ0n) is 13.3. The van der Waals surface area contributed by atoms with E-state index in [1.54, 1.807) is 0 Å². The molecule has 5 nitrogen and oxygen atoms in total. The lowest BCUT2D eigenvalue weighted by molar-refractivity contribution is 0.229. The van der Waals surface area contributed by atoms with Crippen LogP contribution in [0.2, 0.25) is 0 Å². The first-order valence-corrected chi connectivity index (χ1v) is 8.13. The fourth-order valence-corrected chi connectivity index (χ4v) is 2.78. The third kappa shape index (κ3) is 2.90. The molecule has 0 aliphatic heterocycles. The van der Waals surface area contributed by atoms with Crippen LogP contribution in [0.15, 0.2) is 59.1 Å². The van der Waals surface area contributed by atoms with Crippen molar-refractivity contribution in [2.75, 3.05) is 0 Å². The molecule has 2 N–H and O–H groups in total. The minimum Gasteiger partial charge on any atom is -0.489 e. The minimum absolute atomic E-state index is 0.414. The van der Waals surface area contributed by atoms with Gasteiger partial charge in [-0.25, -0.2) is 0 Å². The van der Waals surface area contributed by atoms with Crippen LogP contribution in [0.4, 0.5) is 0 Å². The van der Waals surface area contributed by atoms with E-state index in [1.807, 2.05) is 54.6 Å². The second-order valence-electron chi connectivity index (χ2n) is 6.23. The van der Waals surface area contributed by atoms with E-state index in [0.717, 1.165) is 36.1 Å². The number of benzene rings is 2. The van der Waals surface area contributed by atoms with Crippen LogP contribution in [0.1, 0.15) is 30.7 Å². The molecule has 0 amide bonds. The van der Waals surface area contributed by atoms with E-state index in [9.17, 15) is 0 Å². The summed E-state index contributed by atoms with van der Waals surface area (Å²) < 4.78 is 11.2. The Morgan fingerprint density at radius 1 is 1.08 bits per heavy atom. The van der Waals surface area contributed by atoms with Gasteiger partial charge in [0.25, 0.3) is 5.89 Å². The van der Waals surface area contributed by atoms with E-state index in [0.29, 0.717) is 18.3 Å². The Labute approximate surface area is 140 Å². The third-order valence-corrected chi connectivity index (χ3v) is 4.45. The second kappa shape index (κ2) is 6.09.